The quantitative estimate of drug-likeness (QED) is 0.587. The maximum atomic E-state index is 9.86. The van der Waals surface area contributed by atoms with Gasteiger partial charge in [-0.05, 0) is 35.8 Å². The minimum atomic E-state index is -0.890. The van der Waals surface area contributed by atoms with Crippen LogP contribution in [0.15, 0.2) is 18.2 Å². The second kappa shape index (κ2) is 6.25. The van der Waals surface area contributed by atoms with Crippen LogP contribution in [-0.2, 0) is 6.61 Å². The van der Waals surface area contributed by atoms with Gasteiger partial charge in [0.25, 0.3) is 0 Å². The van der Waals surface area contributed by atoms with Crippen molar-refractivity contribution in [1.82, 2.24) is 0 Å². The molecule has 1 aromatic rings. The molecule has 16 heavy (non-hydrogen) atoms. The van der Waals surface area contributed by atoms with E-state index in [4.69, 9.17) is 5.11 Å². The Hall–Kier alpha value is -0.550. The number of hydrogen-bond donors (Lipinski definition) is 4. The van der Waals surface area contributed by atoms with E-state index in [1.807, 2.05) is 6.92 Å². The zero-order valence-corrected chi connectivity index (χ0v) is 10.2. The lowest BCUT2D eigenvalue weighted by molar-refractivity contribution is 0.0172. The Kier molecular flexibility index (Phi) is 5.28. The van der Waals surface area contributed by atoms with Crippen LogP contribution in [0.4, 0.5) is 0 Å². The van der Waals surface area contributed by atoms with E-state index < -0.39 is 12.2 Å². The first-order valence-electron chi connectivity index (χ1n) is 5.27. The molecule has 0 aliphatic rings. The van der Waals surface area contributed by atoms with E-state index in [0.29, 0.717) is 17.7 Å². The molecule has 0 heterocycles. The SMILES string of the molecule is Cc1cc(C(O)C(O)CCS)ccc1CO. The number of thiol groups is 1. The van der Waals surface area contributed by atoms with Crippen molar-refractivity contribution in [2.45, 2.75) is 32.2 Å². The van der Waals surface area contributed by atoms with Gasteiger partial charge >= 0.3 is 0 Å². The number of hydrogen-bond acceptors (Lipinski definition) is 4. The molecule has 0 saturated carbocycles. The predicted molar refractivity (Wildman–Crippen MR) is 66.5 cm³/mol. The molecule has 0 aliphatic heterocycles. The third-order valence-corrected chi connectivity index (χ3v) is 2.93. The van der Waals surface area contributed by atoms with E-state index in [-0.39, 0.29) is 6.61 Å². The first kappa shape index (κ1) is 13.5. The molecule has 3 N–H and O–H groups in total. The molecular formula is C12H18O3S. The van der Waals surface area contributed by atoms with Gasteiger partial charge in [-0.1, -0.05) is 18.2 Å². The van der Waals surface area contributed by atoms with E-state index in [9.17, 15) is 10.2 Å². The number of aliphatic hydroxyl groups is 3. The molecule has 4 heteroatoms. The normalized spacial score (nSPS) is 14.8. The average Bonchev–Trinajstić information content (AvgIpc) is 2.28. The standard InChI is InChI=1S/C12H18O3S/c1-8-6-9(2-3-10(8)7-13)12(15)11(14)4-5-16/h2-3,6,11-16H,4-5,7H2,1H3. The minimum absolute atomic E-state index is 0.0125. The van der Waals surface area contributed by atoms with E-state index in [1.165, 1.54) is 0 Å². The highest BCUT2D eigenvalue weighted by atomic mass is 32.1. The monoisotopic (exact) mass is 242 g/mol. The number of benzene rings is 1. The summed E-state index contributed by atoms with van der Waals surface area (Å²) in [7, 11) is 0. The van der Waals surface area contributed by atoms with Crippen LogP contribution in [0.2, 0.25) is 0 Å². The summed E-state index contributed by atoms with van der Waals surface area (Å²) in [6.45, 7) is 1.86. The largest absolute Gasteiger partial charge is 0.392 e. The van der Waals surface area contributed by atoms with Crippen LogP contribution in [0.3, 0.4) is 0 Å². The fraction of sp³-hybridized carbons (Fsp3) is 0.500. The molecule has 0 radical (unpaired) electrons. The molecule has 0 bridgehead atoms. The summed E-state index contributed by atoms with van der Waals surface area (Å²) in [5.74, 6) is 0.534. The Labute approximate surface area is 101 Å². The molecule has 2 atom stereocenters. The van der Waals surface area contributed by atoms with Crippen LogP contribution in [0, 0.1) is 6.92 Å². The zero-order chi connectivity index (χ0) is 12.1. The van der Waals surface area contributed by atoms with Gasteiger partial charge in [0, 0.05) is 0 Å². The van der Waals surface area contributed by atoms with Gasteiger partial charge in [-0.15, -0.1) is 0 Å². The summed E-state index contributed by atoms with van der Waals surface area (Å²) in [6.07, 6.45) is -1.24. The second-order valence-corrected chi connectivity index (χ2v) is 4.32. The van der Waals surface area contributed by atoms with Gasteiger partial charge in [0.15, 0.2) is 0 Å². The van der Waals surface area contributed by atoms with Crippen molar-refractivity contribution in [2.24, 2.45) is 0 Å². The highest BCUT2D eigenvalue weighted by molar-refractivity contribution is 7.80. The summed E-state index contributed by atoms with van der Waals surface area (Å²) < 4.78 is 0. The highest BCUT2D eigenvalue weighted by Gasteiger charge is 2.17. The molecule has 3 nitrogen and oxygen atoms in total. The van der Waals surface area contributed by atoms with Crippen LogP contribution in [0.25, 0.3) is 0 Å². The fourth-order valence-electron chi connectivity index (χ4n) is 1.59. The number of aliphatic hydroxyl groups excluding tert-OH is 3. The first-order valence-corrected chi connectivity index (χ1v) is 5.90. The molecule has 1 rings (SSSR count). The molecule has 1 aromatic carbocycles. The van der Waals surface area contributed by atoms with Gasteiger partial charge in [-0.25, -0.2) is 0 Å². The van der Waals surface area contributed by atoms with E-state index in [2.05, 4.69) is 12.6 Å². The molecule has 0 spiro atoms. The molecule has 0 fully saturated rings. The molecule has 2 unspecified atom stereocenters. The Balaban J connectivity index is 2.84. The van der Waals surface area contributed by atoms with Crippen molar-refractivity contribution in [3.8, 4) is 0 Å². The topological polar surface area (TPSA) is 60.7 Å². The Bertz CT molecular complexity index is 341. The molecule has 0 saturated heterocycles. The van der Waals surface area contributed by atoms with Gasteiger partial charge in [-0.2, -0.15) is 12.6 Å². The molecule has 90 valence electrons. The summed E-state index contributed by atoms with van der Waals surface area (Å²) in [5.41, 5.74) is 2.42. The van der Waals surface area contributed by atoms with Crippen molar-refractivity contribution >= 4 is 12.6 Å². The van der Waals surface area contributed by atoms with Crippen LogP contribution in [0.5, 0.6) is 0 Å². The van der Waals surface area contributed by atoms with Crippen LogP contribution in [-0.4, -0.2) is 27.2 Å². The van der Waals surface area contributed by atoms with Gasteiger partial charge in [0.2, 0.25) is 0 Å². The first-order chi connectivity index (χ1) is 7.60. The van der Waals surface area contributed by atoms with Crippen LogP contribution < -0.4 is 0 Å². The van der Waals surface area contributed by atoms with E-state index in [1.54, 1.807) is 18.2 Å². The summed E-state index contributed by atoms with van der Waals surface area (Å²) in [4.78, 5) is 0. The lowest BCUT2D eigenvalue weighted by atomic mass is 9.98. The van der Waals surface area contributed by atoms with Crippen molar-refractivity contribution in [1.29, 1.82) is 0 Å². The smallest absolute Gasteiger partial charge is 0.105 e. The van der Waals surface area contributed by atoms with Crippen molar-refractivity contribution in [3.05, 3.63) is 34.9 Å². The second-order valence-electron chi connectivity index (χ2n) is 3.87. The van der Waals surface area contributed by atoms with Gasteiger partial charge in [0.05, 0.1) is 12.7 Å². The Morgan fingerprint density at radius 1 is 1.31 bits per heavy atom. The van der Waals surface area contributed by atoms with Gasteiger partial charge in [-0.3, -0.25) is 0 Å². The predicted octanol–water partition coefficient (Wildman–Crippen LogP) is 1.20. The third-order valence-electron chi connectivity index (χ3n) is 2.67. The molecular weight excluding hydrogens is 224 g/mol. The van der Waals surface area contributed by atoms with Crippen molar-refractivity contribution in [3.63, 3.8) is 0 Å². The molecule has 0 amide bonds. The maximum Gasteiger partial charge on any atom is 0.105 e. The average molecular weight is 242 g/mol. The zero-order valence-electron chi connectivity index (χ0n) is 9.30. The summed E-state index contributed by atoms with van der Waals surface area (Å²) >= 11 is 4.01. The summed E-state index contributed by atoms with van der Waals surface area (Å²) in [5, 5.41) is 28.5. The van der Waals surface area contributed by atoms with Crippen LogP contribution in [0.1, 0.15) is 29.2 Å². The Morgan fingerprint density at radius 2 is 2.00 bits per heavy atom. The maximum absolute atomic E-state index is 9.86. The van der Waals surface area contributed by atoms with E-state index in [0.717, 1.165) is 11.1 Å². The van der Waals surface area contributed by atoms with Gasteiger partial charge < -0.3 is 15.3 Å². The van der Waals surface area contributed by atoms with Crippen molar-refractivity contribution < 1.29 is 15.3 Å². The Morgan fingerprint density at radius 3 is 2.50 bits per heavy atom. The lowest BCUT2D eigenvalue weighted by Gasteiger charge is -2.18. The van der Waals surface area contributed by atoms with Crippen LogP contribution >= 0.6 is 12.6 Å². The summed E-state index contributed by atoms with van der Waals surface area (Å²) in [6, 6.07) is 5.28. The molecule has 0 aliphatic carbocycles. The fourth-order valence-corrected chi connectivity index (χ4v) is 1.86. The number of rotatable bonds is 5. The third kappa shape index (κ3) is 3.22. The van der Waals surface area contributed by atoms with Gasteiger partial charge in [0.1, 0.15) is 6.10 Å². The van der Waals surface area contributed by atoms with Crippen molar-refractivity contribution in [2.75, 3.05) is 5.75 Å². The highest BCUT2D eigenvalue weighted by Crippen LogP contribution is 2.22. The molecule has 0 aromatic heterocycles. The number of aryl methyl sites for hydroxylation is 1. The van der Waals surface area contributed by atoms with E-state index >= 15 is 0 Å². The minimum Gasteiger partial charge on any atom is -0.392 e. The lowest BCUT2D eigenvalue weighted by Crippen LogP contribution is -2.18.